The lowest BCUT2D eigenvalue weighted by Gasteiger charge is -2.02. The second-order valence-corrected chi connectivity index (χ2v) is 3.86. The fourth-order valence-electron chi connectivity index (χ4n) is 1.65. The van der Waals surface area contributed by atoms with Gasteiger partial charge in [0.05, 0.1) is 11.0 Å². The van der Waals surface area contributed by atoms with E-state index in [1.165, 1.54) is 5.56 Å². The van der Waals surface area contributed by atoms with Crippen molar-refractivity contribution in [3.63, 3.8) is 0 Å². The maximum atomic E-state index is 6.05. The van der Waals surface area contributed by atoms with Crippen LogP contribution in [0.2, 0.25) is 5.28 Å². The summed E-state index contributed by atoms with van der Waals surface area (Å²) in [6, 6.07) is 6.24. The van der Waals surface area contributed by atoms with Crippen molar-refractivity contribution in [2.24, 2.45) is 0 Å². The van der Waals surface area contributed by atoms with Crippen LogP contribution in [0.1, 0.15) is 18.9 Å². The van der Waals surface area contributed by atoms with E-state index < -0.39 is 0 Å². The molecule has 1 heterocycles. The van der Waals surface area contributed by atoms with E-state index in [1.54, 1.807) is 0 Å². The molecule has 0 atom stereocenters. The Labute approximate surface area is 88.5 Å². The van der Waals surface area contributed by atoms with Crippen LogP contribution in [-0.2, 0) is 6.54 Å². The number of rotatable bonds is 2. The molecule has 1 aromatic heterocycles. The van der Waals surface area contributed by atoms with E-state index in [-0.39, 0.29) is 0 Å². The zero-order valence-corrected chi connectivity index (χ0v) is 9.17. The highest BCUT2D eigenvalue weighted by Crippen LogP contribution is 2.20. The average Bonchev–Trinajstić information content (AvgIpc) is 2.43. The standard InChI is InChI=1S/C11H13ClN2/c1-3-6-14-10-5-4-8(2)7-9(10)13-11(14)12/h4-5,7H,3,6H2,1-2H3. The summed E-state index contributed by atoms with van der Waals surface area (Å²) < 4.78 is 2.05. The summed E-state index contributed by atoms with van der Waals surface area (Å²) in [4.78, 5) is 4.32. The Morgan fingerprint density at radius 1 is 1.43 bits per heavy atom. The number of aromatic nitrogens is 2. The summed E-state index contributed by atoms with van der Waals surface area (Å²) in [7, 11) is 0. The van der Waals surface area contributed by atoms with Crippen LogP contribution in [0.3, 0.4) is 0 Å². The van der Waals surface area contributed by atoms with Crippen LogP contribution in [0.4, 0.5) is 0 Å². The molecule has 74 valence electrons. The van der Waals surface area contributed by atoms with Gasteiger partial charge in [-0.05, 0) is 42.6 Å². The molecule has 3 heteroatoms. The van der Waals surface area contributed by atoms with Crippen molar-refractivity contribution in [3.05, 3.63) is 29.0 Å². The fourth-order valence-corrected chi connectivity index (χ4v) is 1.91. The maximum Gasteiger partial charge on any atom is 0.203 e. The van der Waals surface area contributed by atoms with Gasteiger partial charge in [0.1, 0.15) is 0 Å². The predicted octanol–water partition coefficient (Wildman–Crippen LogP) is 3.41. The van der Waals surface area contributed by atoms with E-state index >= 15 is 0 Å². The molecule has 0 N–H and O–H groups in total. The van der Waals surface area contributed by atoms with Crippen molar-refractivity contribution < 1.29 is 0 Å². The average molecular weight is 209 g/mol. The molecular formula is C11H13ClN2. The summed E-state index contributed by atoms with van der Waals surface area (Å²) in [5.74, 6) is 0. The molecule has 0 spiro atoms. The van der Waals surface area contributed by atoms with Crippen molar-refractivity contribution >= 4 is 22.6 Å². The minimum atomic E-state index is 0.590. The lowest BCUT2D eigenvalue weighted by molar-refractivity contribution is 0.698. The molecule has 0 aliphatic rings. The van der Waals surface area contributed by atoms with Crippen molar-refractivity contribution in [1.82, 2.24) is 9.55 Å². The molecule has 0 fully saturated rings. The van der Waals surface area contributed by atoms with Crippen LogP contribution >= 0.6 is 11.6 Å². The van der Waals surface area contributed by atoms with Crippen LogP contribution in [-0.4, -0.2) is 9.55 Å². The quantitative estimate of drug-likeness (QED) is 0.740. The molecular weight excluding hydrogens is 196 g/mol. The van der Waals surface area contributed by atoms with E-state index in [4.69, 9.17) is 11.6 Å². The topological polar surface area (TPSA) is 17.8 Å². The van der Waals surface area contributed by atoms with Crippen molar-refractivity contribution in [1.29, 1.82) is 0 Å². The second kappa shape index (κ2) is 3.62. The molecule has 2 nitrogen and oxygen atoms in total. The lowest BCUT2D eigenvalue weighted by atomic mass is 10.2. The number of fused-ring (bicyclic) bond motifs is 1. The minimum absolute atomic E-state index is 0.590. The first-order valence-corrected chi connectivity index (χ1v) is 5.22. The SMILES string of the molecule is CCCn1c(Cl)nc2cc(C)ccc21. The van der Waals surface area contributed by atoms with E-state index in [9.17, 15) is 0 Å². The van der Waals surface area contributed by atoms with Gasteiger partial charge in [-0.15, -0.1) is 0 Å². The fraction of sp³-hybridized carbons (Fsp3) is 0.364. The van der Waals surface area contributed by atoms with Gasteiger partial charge >= 0.3 is 0 Å². The van der Waals surface area contributed by atoms with Crippen LogP contribution in [0.5, 0.6) is 0 Å². The highest BCUT2D eigenvalue weighted by molar-refractivity contribution is 6.29. The normalized spacial score (nSPS) is 11.1. The maximum absolute atomic E-state index is 6.05. The Hall–Kier alpha value is -1.02. The highest BCUT2D eigenvalue weighted by atomic mass is 35.5. The highest BCUT2D eigenvalue weighted by Gasteiger charge is 2.07. The van der Waals surface area contributed by atoms with Crippen molar-refractivity contribution in [3.8, 4) is 0 Å². The number of benzene rings is 1. The van der Waals surface area contributed by atoms with Crippen LogP contribution in [0, 0.1) is 6.92 Å². The third kappa shape index (κ3) is 1.50. The molecule has 14 heavy (non-hydrogen) atoms. The molecule has 2 aromatic rings. The molecule has 1 aromatic carbocycles. The first-order valence-electron chi connectivity index (χ1n) is 4.84. The van der Waals surface area contributed by atoms with E-state index in [0.29, 0.717) is 5.28 Å². The van der Waals surface area contributed by atoms with Crippen molar-refractivity contribution in [2.75, 3.05) is 0 Å². The lowest BCUT2D eigenvalue weighted by Crippen LogP contribution is -1.95. The summed E-state index contributed by atoms with van der Waals surface area (Å²) in [5.41, 5.74) is 3.33. The minimum Gasteiger partial charge on any atom is -0.315 e. The number of hydrogen-bond acceptors (Lipinski definition) is 1. The summed E-state index contributed by atoms with van der Waals surface area (Å²) in [5, 5.41) is 0.590. The second-order valence-electron chi connectivity index (χ2n) is 3.52. The third-order valence-electron chi connectivity index (χ3n) is 2.30. The summed E-state index contributed by atoms with van der Waals surface area (Å²) >= 11 is 6.05. The van der Waals surface area contributed by atoms with Gasteiger partial charge in [0, 0.05) is 6.54 Å². The molecule has 2 rings (SSSR count). The van der Waals surface area contributed by atoms with Gasteiger partial charge < -0.3 is 4.57 Å². The van der Waals surface area contributed by atoms with Crippen LogP contribution in [0.15, 0.2) is 18.2 Å². The Kier molecular flexibility index (Phi) is 2.46. The molecule has 0 aliphatic carbocycles. The van der Waals surface area contributed by atoms with Gasteiger partial charge in [-0.2, -0.15) is 0 Å². The number of nitrogens with zero attached hydrogens (tertiary/aromatic N) is 2. The molecule has 0 radical (unpaired) electrons. The molecule has 0 unspecified atom stereocenters. The number of hydrogen-bond donors (Lipinski definition) is 0. The Bertz CT molecular complexity index is 460. The monoisotopic (exact) mass is 208 g/mol. The Morgan fingerprint density at radius 2 is 2.21 bits per heavy atom. The van der Waals surface area contributed by atoms with Gasteiger partial charge in [-0.3, -0.25) is 0 Å². The number of imidazole rings is 1. The van der Waals surface area contributed by atoms with Gasteiger partial charge in [0.15, 0.2) is 0 Å². The van der Waals surface area contributed by atoms with Gasteiger partial charge in [-0.25, -0.2) is 4.98 Å². The van der Waals surface area contributed by atoms with Crippen LogP contribution < -0.4 is 0 Å². The molecule has 0 saturated carbocycles. The molecule has 0 amide bonds. The van der Waals surface area contributed by atoms with E-state index in [1.807, 2.05) is 0 Å². The van der Waals surface area contributed by atoms with Gasteiger partial charge in [0.2, 0.25) is 5.28 Å². The largest absolute Gasteiger partial charge is 0.315 e. The Morgan fingerprint density at radius 3 is 2.93 bits per heavy atom. The van der Waals surface area contributed by atoms with Gasteiger partial charge in [0.25, 0.3) is 0 Å². The van der Waals surface area contributed by atoms with Crippen LogP contribution in [0.25, 0.3) is 11.0 Å². The predicted molar refractivity (Wildman–Crippen MR) is 59.8 cm³/mol. The Balaban J connectivity index is 2.64. The summed E-state index contributed by atoms with van der Waals surface area (Å²) in [6.45, 7) is 5.13. The van der Waals surface area contributed by atoms with Gasteiger partial charge in [-0.1, -0.05) is 13.0 Å². The van der Waals surface area contributed by atoms with E-state index in [0.717, 1.165) is 24.0 Å². The molecule has 0 aliphatic heterocycles. The molecule has 0 saturated heterocycles. The molecule has 0 bridgehead atoms. The first-order chi connectivity index (χ1) is 6.72. The number of halogens is 1. The first kappa shape index (κ1) is 9.53. The number of aryl methyl sites for hydroxylation is 2. The summed E-state index contributed by atoms with van der Waals surface area (Å²) in [6.07, 6.45) is 1.07. The third-order valence-corrected chi connectivity index (χ3v) is 2.59. The zero-order valence-electron chi connectivity index (χ0n) is 8.42. The van der Waals surface area contributed by atoms with Crippen molar-refractivity contribution in [2.45, 2.75) is 26.8 Å². The smallest absolute Gasteiger partial charge is 0.203 e. The zero-order chi connectivity index (χ0) is 10.1. The van der Waals surface area contributed by atoms with E-state index in [2.05, 4.69) is 41.6 Å².